The van der Waals surface area contributed by atoms with Crippen molar-refractivity contribution in [1.82, 2.24) is 25.1 Å². The molecule has 0 spiro atoms. The predicted octanol–water partition coefficient (Wildman–Crippen LogP) is 2.94. The Kier molecular flexibility index (Phi) is 4.92. The number of carbonyl (C=O) groups excluding carboxylic acids is 1. The molecule has 130 valence electrons. The second-order valence-electron chi connectivity index (χ2n) is 6.30. The highest BCUT2D eigenvalue weighted by Crippen LogP contribution is 2.19. The molecule has 3 rings (SSSR count). The zero-order chi connectivity index (χ0) is 17.8. The Morgan fingerprint density at radius 2 is 1.96 bits per heavy atom. The molecule has 0 fully saturated rings. The van der Waals surface area contributed by atoms with Gasteiger partial charge in [-0.1, -0.05) is 13.8 Å². The van der Waals surface area contributed by atoms with Gasteiger partial charge in [-0.15, -0.1) is 5.10 Å². The number of amides is 1. The summed E-state index contributed by atoms with van der Waals surface area (Å²) < 4.78 is 6.98. The lowest BCUT2D eigenvalue weighted by atomic mass is 10.0. The average Bonchev–Trinajstić information content (AvgIpc) is 3.32. The Hall–Kier alpha value is -2.96. The van der Waals surface area contributed by atoms with Crippen molar-refractivity contribution < 1.29 is 9.21 Å². The van der Waals surface area contributed by atoms with E-state index in [1.54, 1.807) is 23.1 Å². The van der Waals surface area contributed by atoms with Crippen LogP contribution in [0.3, 0.4) is 0 Å². The highest BCUT2D eigenvalue weighted by atomic mass is 16.3. The van der Waals surface area contributed by atoms with E-state index in [-0.39, 0.29) is 11.9 Å². The lowest BCUT2D eigenvalue weighted by Gasteiger charge is -2.31. The molecule has 7 heteroatoms. The van der Waals surface area contributed by atoms with Crippen LogP contribution < -0.4 is 0 Å². The molecule has 0 aliphatic rings. The summed E-state index contributed by atoms with van der Waals surface area (Å²) in [4.78, 5) is 14.9. The number of carbonyl (C=O) groups is 1. The largest absolute Gasteiger partial charge is 0.467 e. The fourth-order valence-electron chi connectivity index (χ4n) is 2.53. The summed E-state index contributed by atoms with van der Waals surface area (Å²) in [5, 5.41) is 11.1. The Labute approximate surface area is 146 Å². The zero-order valence-electron chi connectivity index (χ0n) is 14.5. The maximum absolute atomic E-state index is 13.1. The first-order chi connectivity index (χ1) is 12.1. The summed E-state index contributed by atoms with van der Waals surface area (Å²) in [5.41, 5.74) is 1.42. The summed E-state index contributed by atoms with van der Waals surface area (Å²) in [7, 11) is 0. The predicted molar refractivity (Wildman–Crippen MR) is 92.0 cm³/mol. The number of benzene rings is 1. The van der Waals surface area contributed by atoms with Crippen molar-refractivity contribution in [3.05, 3.63) is 60.3 Å². The van der Waals surface area contributed by atoms with Gasteiger partial charge in [0.05, 0.1) is 18.5 Å². The van der Waals surface area contributed by atoms with Crippen LogP contribution in [0.5, 0.6) is 0 Å². The molecule has 3 aromatic rings. The second-order valence-corrected chi connectivity index (χ2v) is 6.30. The number of rotatable bonds is 6. The minimum atomic E-state index is -0.0270. The monoisotopic (exact) mass is 339 g/mol. The van der Waals surface area contributed by atoms with Gasteiger partial charge in [-0.3, -0.25) is 4.79 Å². The average molecular weight is 339 g/mol. The van der Waals surface area contributed by atoms with Crippen LogP contribution in [0.1, 0.15) is 36.9 Å². The molecule has 25 heavy (non-hydrogen) atoms. The maximum atomic E-state index is 13.1. The molecule has 1 aromatic carbocycles. The van der Waals surface area contributed by atoms with Gasteiger partial charge < -0.3 is 9.32 Å². The summed E-state index contributed by atoms with van der Waals surface area (Å²) in [5.74, 6) is 1.08. The molecule has 7 nitrogen and oxygen atoms in total. The maximum Gasteiger partial charge on any atom is 0.254 e. The van der Waals surface area contributed by atoms with Gasteiger partial charge in [0.1, 0.15) is 12.1 Å². The molecular formula is C18H21N5O2. The highest BCUT2D eigenvalue weighted by molar-refractivity contribution is 5.94. The molecule has 1 atom stereocenters. The van der Waals surface area contributed by atoms with Gasteiger partial charge in [0.25, 0.3) is 5.91 Å². The smallest absolute Gasteiger partial charge is 0.254 e. The van der Waals surface area contributed by atoms with E-state index in [2.05, 4.69) is 36.3 Å². The summed E-state index contributed by atoms with van der Waals surface area (Å²) in [6, 6.07) is 11.0. The summed E-state index contributed by atoms with van der Waals surface area (Å²) in [6.07, 6.45) is 3.14. The molecule has 0 N–H and O–H groups in total. The van der Waals surface area contributed by atoms with E-state index in [4.69, 9.17) is 4.42 Å². The van der Waals surface area contributed by atoms with Crippen molar-refractivity contribution in [3.63, 3.8) is 0 Å². The number of furan rings is 1. The van der Waals surface area contributed by atoms with Crippen molar-refractivity contribution >= 4 is 5.91 Å². The van der Waals surface area contributed by atoms with Crippen LogP contribution in [-0.2, 0) is 6.54 Å². The normalized spacial score (nSPS) is 12.3. The Morgan fingerprint density at radius 3 is 2.52 bits per heavy atom. The van der Waals surface area contributed by atoms with Crippen LogP contribution in [0.25, 0.3) is 5.69 Å². The molecule has 2 heterocycles. The SMILES string of the molecule is CC(C)C(C)N(Cc1ccco1)C(=O)c1ccc(-n2cnnn2)cc1. The van der Waals surface area contributed by atoms with E-state index in [1.165, 1.54) is 6.33 Å². The first-order valence-corrected chi connectivity index (χ1v) is 8.23. The lowest BCUT2D eigenvalue weighted by Crippen LogP contribution is -2.40. The van der Waals surface area contributed by atoms with Crippen LogP contribution in [0, 0.1) is 5.92 Å². The van der Waals surface area contributed by atoms with E-state index < -0.39 is 0 Å². The van der Waals surface area contributed by atoms with Gasteiger partial charge in [-0.05, 0) is 59.7 Å². The van der Waals surface area contributed by atoms with Gasteiger partial charge >= 0.3 is 0 Å². The third-order valence-corrected chi connectivity index (χ3v) is 4.35. The van der Waals surface area contributed by atoms with Crippen LogP contribution >= 0.6 is 0 Å². The molecule has 0 radical (unpaired) electrons. The Bertz CT molecular complexity index is 795. The number of aromatic nitrogens is 4. The highest BCUT2D eigenvalue weighted by Gasteiger charge is 2.24. The first kappa shape index (κ1) is 16.9. The first-order valence-electron chi connectivity index (χ1n) is 8.23. The number of tetrazole rings is 1. The van der Waals surface area contributed by atoms with Gasteiger partial charge in [0.2, 0.25) is 0 Å². The van der Waals surface area contributed by atoms with Crippen molar-refractivity contribution in [2.24, 2.45) is 5.92 Å². The van der Waals surface area contributed by atoms with Gasteiger partial charge in [-0.2, -0.15) is 0 Å². The third-order valence-electron chi connectivity index (χ3n) is 4.35. The molecule has 0 saturated heterocycles. The van der Waals surface area contributed by atoms with E-state index in [9.17, 15) is 4.79 Å². The Morgan fingerprint density at radius 1 is 1.20 bits per heavy atom. The van der Waals surface area contributed by atoms with Gasteiger partial charge in [0.15, 0.2) is 0 Å². The van der Waals surface area contributed by atoms with Crippen LogP contribution in [0.2, 0.25) is 0 Å². The fourth-order valence-corrected chi connectivity index (χ4v) is 2.53. The molecule has 0 saturated carbocycles. The Balaban J connectivity index is 1.83. The number of nitrogens with zero attached hydrogens (tertiary/aromatic N) is 5. The van der Waals surface area contributed by atoms with Crippen LogP contribution in [-0.4, -0.2) is 37.1 Å². The van der Waals surface area contributed by atoms with Crippen molar-refractivity contribution in [1.29, 1.82) is 0 Å². The van der Waals surface area contributed by atoms with Gasteiger partial charge in [0, 0.05) is 11.6 Å². The topological polar surface area (TPSA) is 77.0 Å². The van der Waals surface area contributed by atoms with Crippen LogP contribution in [0.15, 0.2) is 53.4 Å². The molecule has 1 amide bonds. The van der Waals surface area contributed by atoms with E-state index in [1.807, 2.05) is 29.2 Å². The number of hydrogen-bond donors (Lipinski definition) is 0. The molecule has 0 aliphatic heterocycles. The molecule has 0 aliphatic carbocycles. The molecule has 1 unspecified atom stereocenters. The zero-order valence-corrected chi connectivity index (χ0v) is 14.5. The second kappa shape index (κ2) is 7.29. The van der Waals surface area contributed by atoms with E-state index in [0.717, 1.165) is 11.4 Å². The fraction of sp³-hybridized carbons (Fsp3) is 0.333. The van der Waals surface area contributed by atoms with Crippen molar-refractivity contribution in [3.8, 4) is 5.69 Å². The van der Waals surface area contributed by atoms with Gasteiger partial charge in [-0.25, -0.2) is 4.68 Å². The molecular weight excluding hydrogens is 318 g/mol. The van der Waals surface area contributed by atoms with Crippen molar-refractivity contribution in [2.75, 3.05) is 0 Å². The minimum absolute atomic E-state index is 0.0270. The number of hydrogen-bond acceptors (Lipinski definition) is 5. The van der Waals surface area contributed by atoms with E-state index in [0.29, 0.717) is 18.0 Å². The molecule has 2 aromatic heterocycles. The quantitative estimate of drug-likeness (QED) is 0.690. The summed E-state index contributed by atoms with van der Waals surface area (Å²) >= 11 is 0. The summed E-state index contributed by atoms with van der Waals surface area (Å²) in [6.45, 7) is 6.71. The van der Waals surface area contributed by atoms with Crippen LogP contribution in [0.4, 0.5) is 0 Å². The van der Waals surface area contributed by atoms with E-state index >= 15 is 0 Å². The van der Waals surface area contributed by atoms with Crippen molar-refractivity contribution in [2.45, 2.75) is 33.4 Å². The third kappa shape index (κ3) is 3.76. The standard InChI is InChI=1S/C18H21N5O2/c1-13(2)14(3)22(11-17-5-4-10-25-17)18(24)15-6-8-16(9-7-15)23-12-19-20-21-23/h4-10,12-14H,11H2,1-3H3. The minimum Gasteiger partial charge on any atom is -0.467 e. The lowest BCUT2D eigenvalue weighted by molar-refractivity contribution is 0.0611. The molecule has 0 bridgehead atoms.